The van der Waals surface area contributed by atoms with E-state index in [-0.39, 0.29) is 12.3 Å². The molecule has 0 aliphatic carbocycles. The molecule has 1 amide bonds. The number of nitrogen functional groups attached to an aromatic ring is 1. The fourth-order valence-corrected chi connectivity index (χ4v) is 0.824. The first kappa shape index (κ1) is 9.60. The van der Waals surface area contributed by atoms with Crippen LogP contribution < -0.4 is 11.1 Å². The maximum atomic E-state index is 11.2. The minimum atomic E-state index is -0.583. The van der Waals surface area contributed by atoms with Gasteiger partial charge >= 0.3 is 0 Å². The second kappa shape index (κ2) is 3.95. The molecular formula is C8H12N2O3. The van der Waals surface area contributed by atoms with Crippen LogP contribution in [-0.4, -0.2) is 23.7 Å². The summed E-state index contributed by atoms with van der Waals surface area (Å²) in [6.07, 6.45) is 0.757. The number of carbonyl (C=O) groups is 1. The van der Waals surface area contributed by atoms with E-state index in [1.807, 2.05) is 0 Å². The number of furan rings is 1. The maximum Gasteiger partial charge on any atom is 0.289 e. The average Bonchev–Trinajstić information content (AvgIpc) is 2.47. The zero-order valence-electron chi connectivity index (χ0n) is 7.28. The third-order valence-electron chi connectivity index (χ3n) is 1.46. The van der Waals surface area contributed by atoms with Gasteiger partial charge in [0.05, 0.1) is 18.1 Å². The van der Waals surface area contributed by atoms with Gasteiger partial charge in [0, 0.05) is 12.6 Å². The Morgan fingerprint density at radius 2 is 2.54 bits per heavy atom. The Balaban J connectivity index is 2.54. The highest BCUT2D eigenvalue weighted by molar-refractivity contribution is 5.96. The van der Waals surface area contributed by atoms with Crippen molar-refractivity contribution in [2.75, 3.05) is 12.3 Å². The molecule has 1 atom stereocenters. The molecule has 0 fully saturated rings. The molecule has 1 aromatic heterocycles. The number of anilines is 1. The van der Waals surface area contributed by atoms with Crippen LogP contribution in [0.15, 0.2) is 16.7 Å². The van der Waals surface area contributed by atoms with E-state index in [0.29, 0.717) is 5.69 Å². The molecule has 0 saturated carbocycles. The van der Waals surface area contributed by atoms with Crippen molar-refractivity contribution in [2.45, 2.75) is 13.0 Å². The van der Waals surface area contributed by atoms with Gasteiger partial charge in [-0.3, -0.25) is 4.79 Å². The summed E-state index contributed by atoms with van der Waals surface area (Å²) in [4.78, 5) is 11.2. The highest BCUT2D eigenvalue weighted by Gasteiger charge is 2.12. The molecule has 0 spiro atoms. The number of nitrogens with two attached hydrogens (primary N) is 1. The molecule has 13 heavy (non-hydrogen) atoms. The first-order chi connectivity index (χ1) is 6.11. The molecule has 0 aliphatic rings. The first-order valence-corrected chi connectivity index (χ1v) is 3.90. The quantitative estimate of drug-likeness (QED) is 0.615. The van der Waals surface area contributed by atoms with Gasteiger partial charge in [0.15, 0.2) is 0 Å². The van der Waals surface area contributed by atoms with Crippen molar-refractivity contribution in [3.05, 3.63) is 18.1 Å². The van der Waals surface area contributed by atoms with Crippen molar-refractivity contribution in [2.24, 2.45) is 0 Å². The van der Waals surface area contributed by atoms with Crippen LogP contribution in [0.1, 0.15) is 17.5 Å². The zero-order chi connectivity index (χ0) is 9.84. The summed E-state index contributed by atoms with van der Waals surface area (Å²) in [6, 6.07) is 1.50. The van der Waals surface area contributed by atoms with Crippen LogP contribution in [0.2, 0.25) is 0 Å². The Morgan fingerprint density at radius 1 is 1.85 bits per heavy atom. The van der Waals surface area contributed by atoms with Crippen LogP contribution in [0.25, 0.3) is 0 Å². The fraction of sp³-hybridized carbons (Fsp3) is 0.375. The van der Waals surface area contributed by atoms with Crippen LogP contribution in [0, 0.1) is 0 Å². The van der Waals surface area contributed by atoms with E-state index < -0.39 is 12.0 Å². The summed E-state index contributed by atoms with van der Waals surface area (Å²) < 4.78 is 4.84. The summed E-state index contributed by atoms with van der Waals surface area (Å²) in [5.41, 5.74) is 5.73. The molecule has 0 saturated heterocycles. The molecule has 0 aliphatic heterocycles. The van der Waals surface area contributed by atoms with E-state index in [9.17, 15) is 4.79 Å². The highest BCUT2D eigenvalue weighted by atomic mass is 16.3. The molecule has 1 rings (SSSR count). The SMILES string of the molecule is CC(O)CNC(=O)c1occc1N. The second-order valence-electron chi connectivity index (χ2n) is 2.76. The Morgan fingerprint density at radius 3 is 3.00 bits per heavy atom. The standard InChI is InChI=1S/C8H12N2O3/c1-5(11)4-10-8(12)7-6(9)2-3-13-7/h2-3,5,11H,4,9H2,1H3,(H,10,12). The molecule has 5 heteroatoms. The normalized spacial score (nSPS) is 12.5. The maximum absolute atomic E-state index is 11.2. The zero-order valence-corrected chi connectivity index (χ0v) is 7.28. The number of rotatable bonds is 3. The first-order valence-electron chi connectivity index (χ1n) is 3.90. The van der Waals surface area contributed by atoms with E-state index >= 15 is 0 Å². The van der Waals surface area contributed by atoms with Gasteiger partial charge in [-0.2, -0.15) is 0 Å². The Bertz CT molecular complexity index is 293. The number of aliphatic hydroxyl groups excluding tert-OH is 1. The lowest BCUT2D eigenvalue weighted by Crippen LogP contribution is -2.30. The van der Waals surface area contributed by atoms with Crippen LogP contribution in [0.4, 0.5) is 5.69 Å². The molecule has 1 unspecified atom stereocenters. The molecule has 0 aromatic carbocycles. The minimum absolute atomic E-state index is 0.0839. The lowest BCUT2D eigenvalue weighted by Gasteiger charge is -2.05. The van der Waals surface area contributed by atoms with Crippen molar-refractivity contribution in [3.8, 4) is 0 Å². The predicted octanol–water partition coefficient (Wildman–Crippen LogP) is -0.0276. The Kier molecular flexibility index (Phi) is 2.92. The summed E-state index contributed by atoms with van der Waals surface area (Å²) in [6.45, 7) is 1.75. The number of nitrogens with one attached hydrogen (secondary N) is 1. The van der Waals surface area contributed by atoms with Gasteiger partial charge in [-0.15, -0.1) is 0 Å². The van der Waals surface area contributed by atoms with Crippen molar-refractivity contribution in [3.63, 3.8) is 0 Å². The topological polar surface area (TPSA) is 88.5 Å². The predicted molar refractivity (Wildman–Crippen MR) is 47.1 cm³/mol. The molecule has 1 aromatic rings. The van der Waals surface area contributed by atoms with Gasteiger partial charge in [-0.1, -0.05) is 0 Å². The van der Waals surface area contributed by atoms with Crippen LogP contribution in [0.5, 0.6) is 0 Å². The van der Waals surface area contributed by atoms with Crippen LogP contribution in [0.3, 0.4) is 0 Å². The lowest BCUT2D eigenvalue weighted by molar-refractivity contribution is 0.0898. The molecule has 5 nitrogen and oxygen atoms in total. The van der Waals surface area contributed by atoms with Crippen LogP contribution in [-0.2, 0) is 0 Å². The summed E-state index contributed by atoms with van der Waals surface area (Å²) >= 11 is 0. The number of amides is 1. The minimum Gasteiger partial charge on any atom is -0.457 e. The molecule has 72 valence electrons. The Hall–Kier alpha value is -1.49. The average molecular weight is 184 g/mol. The monoisotopic (exact) mass is 184 g/mol. The van der Waals surface area contributed by atoms with E-state index in [2.05, 4.69) is 5.32 Å². The highest BCUT2D eigenvalue weighted by Crippen LogP contribution is 2.11. The molecule has 1 heterocycles. The van der Waals surface area contributed by atoms with Gasteiger partial charge < -0.3 is 20.6 Å². The van der Waals surface area contributed by atoms with Gasteiger partial charge in [-0.05, 0) is 6.92 Å². The number of hydrogen-bond acceptors (Lipinski definition) is 4. The van der Waals surface area contributed by atoms with Crippen molar-refractivity contribution >= 4 is 11.6 Å². The van der Waals surface area contributed by atoms with Gasteiger partial charge in [-0.25, -0.2) is 0 Å². The lowest BCUT2D eigenvalue weighted by atomic mass is 10.3. The number of aliphatic hydroxyl groups is 1. The summed E-state index contributed by atoms with van der Waals surface area (Å²) in [5.74, 6) is -0.330. The van der Waals surface area contributed by atoms with E-state index in [4.69, 9.17) is 15.3 Å². The van der Waals surface area contributed by atoms with Gasteiger partial charge in [0.1, 0.15) is 0 Å². The van der Waals surface area contributed by atoms with E-state index in [1.54, 1.807) is 6.92 Å². The molecule has 0 bridgehead atoms. The number of carbonyl (C=O) groups excluding carboxylic acids is 1. The fourth-order valence-electron chi connectivity index (χ4n) is 0.824. The molecule has 0 radical (unpaired) electrons. The van der Waals surface area contributed by atoms with Crippen molar-refractivity contribution in [1.29, 1.82) is 0 Å². The largest absolute Gasteiger partial charge is 0.457 e. The van der Waals surface area contributed by atoms with Crippen molar-refractivity contribution < 1.29 is 14.3 Å². The smallest absolute Gasteiger partial charge is 0.289 e. The number of hydrogen-bond donors (Lipinski definition) is 3. The third kappa shape index (κ3) is 2.48. The second-order valence-corrected chi connectivity index (χ2v) is 2.76. The third-order valence-corrected chi connectivity index (χ3v) is 1.46. The van der Waals surface area contributed by atoms with Gasteiger partial charge in [0.2, 0.25) is 5.76 Å². The van der Waals surface area contributed by atoms with Crippen molar-refractivity contribution in [1.82, 2.24) is 5.32 Å². The molecule has 4 N–H and O–H groups in total. The van der Waals surface area contributed by atoms with Gasteiger partial charge in [0.25, 0.3) is 5.91 Å². The van der Waals surface area contributed by atoms with Crippen LogP contribution >= 0.6 is 0 Å². The summed E-state index contributed by atoms with van der Waals surface area (Å²) in [5, 5.41) is 11.4. The van der Waals surface area contributed by atoms with E-state index in [0.717, 1.165) is 0 Å². The summed E-state index contributed by atoms with van der Waals surface area (Å²) in [7, 11) is 0. The van der Waals surface area contributed by atoms with E-state index in [1.165, 1.54) is 12.3 Å². The molecular weight excluding hydrogens is 172 g/mol. The Labute approximate surface area is 75.5 Å².